The van der Waals surface area contributed by atoms with E-state index in [0.29, 0.717) is 0 Å². The van der Waals surface area contributed by atoms with Crippen molar-refractivity contribution in [3.63, 3.8) is 0 Å². The minimum Gasteiger partial charge on any atom is -0.397 e. The third-order valence-electron chi connectivity index (χ3n) is 1.04. The number of aliphatic hydroxyl groups excluding tert-OH is 1. The number of hydrogen-bond donors (Lipinski definition) is 1. The molecular formula is C16H43NO2. The smallest absolute Gasteiger partial charge is 0.0437 e. The van der Waals surface area contributed by atoms with Gasteiger partial charge in [-0.3, -0.25) is 0 Å². The van der Waals surface area contributed by atoms with Gasteiger partial charge < -0.3 is 14.7 Å². The number of ether oxygens (including phenoxy) is 1. The third-order valence-corrected chi connectivity index (χ3v) is 1.04. The van der Waals surface area contributed by atoms with E-state index in [0.717, 1.165) is 19.8 Å². The third kappa shape index (κ3) is 300. The van der Waals surface area contributed by atoms with Crippen LogP contribution in [0, 0.1) is 0 Å². The van der Waals surface area contributed by atoms with Crippen LogP contribution in [0.1, 0.15) is 68.2 Å². The van der Waals surface area contributed by atoms with Gasteiger partial charge in [0.05, 0.1) is 0 Å². The largest absolute Gasteiger partial charge is 0.397 e. The molecule has 0 unspecified atom stereocenters. The van der Waals surface area contributed by atoms with E-state index in [1.54, 1.807) is 6.92 Å². The van der Waals surface area contributed by atoms with Gasteiger partial charge in [-0.2, -0.15) is 0 Å². The lowest BCUT2D eigenvalue weighted by atomic mass is 10.6. The second-order valence-electron chi connectivity index (χ2n) is 3.91. The number of hydrogen-bond acceptors (Lipinski definition) is 3. The van der Waals surface area contributed by atoms with E-state index in [2.05, 4.69) is 53.6 Å². The maximum Gasteiger partial charge on any atom is 0.0437 e. The van der Waals surface area contributed by atoms with Crippen LogP contribution in [0.25, 0.3) is 0 Å². The van der Waals surface area contributed by atoms with E-state index >= 15 is 0 Å². The van der Waals surface area contributed by atoms with E-state index < -0.39 is 0 Å². The summed E-state index contributed by atoms with van der Waals surface area (Å²) in [4.78, 5) is 2.12. The second-order valence-corrected chi connectivity index (χ2v) is 3.91. The highest BCUT2D eigenvalue weighted by Gasteiger charge is 1.72. The van der Waals surface area contributed by atoms with Crippen molar-refractivity contribution < 1.29 is 9.84 Å². The quantitative estimate of drug-likeness (QED) is 0.830. The molecule has 0 aromatic heterocycles. The van der Waals surface area contributed by atoms with E-state index in [-0.39, 0.29) is 6.61 Å². The van der Waals surface area contributed by atoms with Gasteiger partial charge in [0, 0.05) is 19.8 Å². The van der Waals surface area contributed by atoms with Gasteiger partial charge >= 0.3 is 0 Å². The molecule has 0 spiro atoms. The fourth-order valence-corrected chi connectivity index (χ4v) is 0.204. The Morgan fingerprint density at radius 2 is 0.895 bits per heavy atom. The van der Waals surface area contributed by atoms with Crippen molar-refractivity contribution in [1.29, 1.82) is 0 Å². The van der Waals surface area contributed by atoms with Crippen LogP contribution in [0.2, 0.25) is 0 Å². The van der Waals surface area contributed by atoms with Gasteiger partial charge in [-0.25, -0.2) is 0 Å². The Bertz CT molecular complexity index is 72.4. The van der Waals surface area contributed by atoms with Gasteiger partial charge in [0.25, 0.3) is 0 Å². The Morgan fingerprint density at radius 3 is 0.895 bits per heavy atom. The van der Waals surface area contributed by atoms with Crippen molar-refractivity contribution in [2.45, 2.75) is 68.2 Å². The molecule has 0 rings (SSSR count). The van der Waals surface area contributed by atoms with E-state index in [1.807, 2.05) is 13.8 Å². The molecule has 0 amide bonds. The van der Waals surface area contributed by atoms with Crippen LogP contribution in [0.4, 0.5) is 0 Å². The van der Waals surface area contributed by atoms with Gasteiger partial charge in [-0.1, -0.05) is 47.5 Å². The Kier molecular flexibility index (Phi) is 86.1. The molecule has 0 aliphatic carbocycles. The van der Waals surface area contributed by atoms with Crippen molar-refractivity contribution in [2.75, 3.05) is 40.5 Å². The summed E-state index contributed by atoms with van der Waals surface area (Å²) in [6.45, 7) is 19.4. The van der Waals surface area contributed by atoms with Gasteiger partial charge in [-0.15, -0.1) is 0 Å². The minimum atomic E-state index is 0.250. The van der Waals surface area contributed by atoms with Crippen LogP contribution in [-0.2, 0) is 4.74 Å². The molecule has 3 nitrogen and oxygen atoms in total. The van der Waals surface area contributed by atoms with E-state index in [9.17, 15) is 0 Å². The molecule has 1 N–H and O–H groups in total. The number of aliphatic hydroxyl groups is 1. The van der Waals surface area contributed by atoms with Crippen LogP contribution in [0.15, 0.2) is 0 Å². The summed E-state index contributed by atoms with van der Waals surface area (Å²) in [6.07, 6.45) is 2.50. The standard InChI is InChI=1S/C4H11N.C4H10O.2C3H8.C2H6O/c1-4-5(2)3;1-3-5-4-2;2*1-3-2;1-2-3/h4H2,1-3H3;3-4H2,1-2H3;2*3H2,1-2H3;3H,2H2,1H3. The summed E-state index contributed by atoms with van der Waals surface area (Å²) < 4.78 is 4.83. The van der Waals surface area contributed by atoms with Crippen LogP contribution in [-0.4, -0.2) is 50.5 Å². The second kappa shape index (κ2) is 52.2. The summed E-state index contributed by atoms with van der Waals surface area (Å²) in [5.74, 6) is 0. The van der Waals surface area contributed by atoms with Crippen molar-refractivity contribution in [2.24, 2.45) is 0 Å². The van der Waals surface area contributed by atoms with Gasteiger partial charge in [-0.05, 0) is 41.4 Å². The predicted octanol–water partition coefficient (Wildman–Crippen LogP) is 4.44. The molecule has 0 aromatic rings. The molecule has 0 atom stereocenters. The summed E-state index contributed by atoms with van der Waals surface area (Å²) in [7, 11) is 4.11. The molecule has 0 radical (unpaired) electrons. The van der Waals surface area contributed by atoms with Gasteiger partial charge in [0.15, 0.2) is 0 Å². The molecule has 0 saturated heterocycles. The molecule has 0 heterocycles. The summed E-state index contributed by atoms with van der Waals surface area (Å²) in [5, 5.41) is 7.57. The lowest BCUT2D eigenvalue weighted by Gasteiger charge is -2.00. The highest BCUT2D eigenvalue weighted by Crippen LogP contribution is 1.64. The first-order valence-corrected chi connectivity index (χ1v) is 7.76. The predicted molar refractivity (Wildman–Crippen MR) is 91.1 cm³/mol. The van der Waals surface area contributed by atoms with Crippen molar-refractivity contribution >= 4 is 0 Å². The molecule has 0 aliphatic rings. The molecule has 0 bridgehead atoms. The van der Waals surface area contributed by atoms with Crippen LogP contribution in [0.5, 0.6) is 0 Å². The summed E-state index contributed by atoms with van der Waals surface area (Å²) in [5.41, 5.74) is 0. The van der Waals surface area contributed by atoms with E-state index in [4.69, 9.17) is 9.84 Å². The SMILES string of the molecule is CCC.CCC.CCN(C)C.CCO.CCOCC. The monoisotopic (exact) mass is 281 g/mol. The van der Waals surface area contributed by atoms with Crippen LogP contribution >= 0.6 is 0 Å². The summed E-state index contributed by atoms with van der Waals surface area (Å²) >= 11 is 0. The fraction of sp³-hybridized carbons (Fsp3) is 1.00. The zero-order valence-electron chi connectivity index (χ0n) is 15.5. The van der Waals surface area contributed by atoms with Crippen molar-refractivity contribution in [1.82, 2.24) is 4.90 Å². The topological polar surface area (TPSA) is 32.7 Å². The van der Waals surface area contributed by atoms with Gasteiger partial charge in [0.2, 0.25) is 0 Å². The first kappa shape index (κ1) is 31.3. The Hall–Kier alpha value is -0.120. The molecule has 3 heteroatoms. The average Bonchev–Trinajstić information content (AvgIpc) is 2.34. The first-order chi connectivity index (χ1) is 8.93. The first-order valence-electron chi connectivity index (χ1n) is 7.76. The molecule has 124 valence electrons. The van der Waals surface area contributed by atoms with Crippen molar-refractivity contribution in [3.8, 4) is 0 Å². The molecule has 0 aliphatic heterocycles. The van der Waals surface area contributed by atoms with Crippen LogP contribution < -0.4 is 0 Å². The maximum atomic E-state index is 7.57. The summed E-state index contributed by atoms with van der Waals surface area (Å²) in [6, 6.07) is 0. The Balaban J connectivity index is -0.0000000442. The maximum absolute atomic E-state index is 7.57. The zero-order chi connectivity index (χ0) is 16.5. The van der Waals surface area contributed by atoms with Crippen molar-refractivity contribution in [3.05, 3.63) is 0 Å². The average molecular weight is 282 g/mol. The number of rotatable bonds is 3. The number of nitrogens with zero attached hydrogens (tertiary/aromatic N) is 1. The molecule has 0 aromatic carbocycles. The normalized spacial score (nSPS) is 7.58. The molecule has 0 fully saturated rings. The Labute approximate surface area is 124 Å². The van der Waals surface area contributed by atoms with Crippen LogP contribution in [0.3, 0.4) is 0 Å². The lowest BCUT2D eigenvalue weighted by molar-refractivity contribution is 0.162. The van der Waals surface area contributed by atoms with E-state index in [1.165, 1.54) is 12.8 Å². The lowest BCUT2D eigenvalue weighted by Crippen LogP contribution is -2.08. The zero-order valence-corrected chi connectivity index (χ0v) is 15.5. The molecule has 19 heavy (non-hydrogen) atoms. The highest BCUT2D eigenvalue weighted by atomic mass is 16.5. The molecule has 0 saturated carbocycles. The molecular weight excluding hydrogens is 238 g/mol. The Morgan fingerprint density at radius 1 is 0.737 bits per heavy atom. The highest BCUT2D eigenvalue weighted by molar-refractivity contribution is 4.25. The fourth-order valence-electron chi connectivity index (χ4n) is 0.204. The van der Waals surface area contributed by atoms with Gasteiger partial charge in [0.1, 0.15) is 0 Å². The minimum absolute atomic E-state index is 0.250.